The van der Waals surface area contributed by atoms with Gasteiger partial charge in [-0.05, 0) is 55.8 Å². The number of ether oxygens (including phenoxy) is 1. The van der Waals surface area contributed by atoms with Gasteiger partial charge in [-0.1, -0.05) is 6.42 Å². The number of hydrogen-bond donors (Lipinski definition) is 1. The molecule has 1 spiro atoms. The molecule has 4 nitrogen and oxygen atoms in total. The molecule has 2 bridgehead atoms. The minimum absolute atomic E-state index is 0. The van der Waals surface area contributed by atoms with E-state index >= 15 is 0 Å². The molecular formula is C17H29ClN2O2. The highest BCUT2D eigenvalue weighted by atomic mass is 35.5. The van der Waals surface area contributed by atoms with Gasteiger partial charge in [0.15, 0.2) is 0 Å². The van der Waals surface area contributed by atoms with Crippen LogP contribution in [0.4, 0.5) is 0 Å². The smallest absolute Gasteiger partial charge is 0.225 e. The first-order chi connectivity index (χ1) is 10.2. The van der Waals surface area contributed by atoms with Crippen LogP contribution in [0.3, 0.4) is 0 Å². The standard InChI is InChI=1S/C17H28N2O2.ClH/c18-15-12-3-4-14(10-12)17(15)5-1-2-13(11-17)16(20)19-6-8-21-9-7-19;/h12-15H,1-11,18H2;1H/t12-,13?,14+,15-,17?;/m1./s1. The summed E-state index contributed by atoms with van der Waals surface area (Å²) in [5.41, 5.74) is 6.92. The number of amides is 1. The van der Waals surface area contributed by atoms with Crippen molar-refractivity contribution in [3.63, 3.8) is 0 Å². The van der Waals surface area contributed by atoms with Gasteiger partial charge in [0.2, 0.25) is 5.91 Å². The molecular weight excluding hydrogens is 300 g/mol. The van der Waals surface area contributed by atoms with E-state index in [2.05, 4.69) is 0 Å². The number of carbonyl (C=O) groups is 1. The topological polar surface area (TPSA) is 55.6 Å². The van der Waals surface area contributed by atoms with Crippen LogP contribution in [-0.2, 0) is 9.53 Å². The molecule has 2 unspecified atom stereocenters. The van der Waals surface area contributed by atoms with Crippen molar-refractivity contribution in [2.24, 2.45) is 28.9 Å². The molecule has 126 valence electrons. The molecule has 1 amide bonds. The van der Waals surface area contributed by atoms with Crippen molar-refractivity contribution in [2.75, 3.05) is 26.3 Å². The highest BCUT2D eigenvalue weighted by Gasteiger charge is 2.58. The summed E-state index contributed by atoms with van der Waals surface area (Å²) in [6, 6.07) is 0.358. The summed E-state index contributed by atoms with van der Waals surface area (Å²) in [5, 5.41) is 0. The lowest BCUT2D eigenvalue weighted by molar-refractivity contribution is -0.143. The quantitative estimate of drug-likeness (QED) is 0.803. The predicted molar refractivity (Wildman–Crippen MR) is 87.8 cm³/mol. The third-order valence-electron chi connectivity index (χ3n) is 6.95. The lowest BCUT2D eigenvalue weighted by Gasteiger charge is -2.48. The van der Waals surface area contributed by atoms with E-state index in [1.54, 1.807) is 0 Å². The van der Waals surface area contributed by atoms with Crippen LogP contribution >= 0.6 is 12.4 Å². The summed E-state index contributed by atoms with van der Waals surface area (Å²) in [7, 11) is 0. The molecule has 0 radical (unpaired) electrons. The molecule has 1 aliphatic heterocycles. The van der Waals surface area contributed by atoms with Crippen LogP contribution in [0.1, 0.15) is 44.9 Å². The van der Waals surface area contributed by atoms with Crippen molar-refractivity contribution in [1.82, 2.24) is 4.90 Å². The average molecular weight is 329 g/mol. The Bertz CT molecular complexity index is 423. The minimum Gasteiger partial charge on any atom is -0.378 e. The van der Waals surface area contributed by atoms with Crippen molar-refractivity contribution in [3.05, 3.63) is 0 Å². The Labute approximate surface area is 139 Å². The fourth-order valence-electron chi connectivity index (χ4n) is 5.87. The zero-order valence-electron chi connectivity index (χ0n) is 13.3. The van der Waals surface area contributed by atoms with Gasteiger partial charge in [-0.25, -0.2) is 0 Å². The fourth-order valence-corrected chi connectivity index (χ4v) is 5.87. The van der Waals surface area contributed by atoms with E-state index in [0.29, 0.717) is 30.6 Å². The Balaban J connectivity index is 0.00000144. The van der Waals surface area contributed by atoms with Crippen molar-refractivity contribution in [2.45, 2.75) is 51.0 Å². The summed E-state index contributed by atoms with van der Waals surface area (Å²) in [4.78, 5) is 14.9. The number of fused-ring (bicyclic) bond motifs is 3. The predicted octanol–water partition coefficient (Wildman–Crippen LogP) is 2.20. The number of halogens is 1. The van der Waals surface area contributed by atoms with E-state index in [-0.39, 0.29) is 18.3 Å². The fraction of sp³-hybridized carbons (Fsp3) is 0.941. The van der Waals surface area contributed by atoms with Crippen molar-refractivity contribution < 1.29 is 9.53 Å². The number of carbonyl (C=O) groups excluding carboxylic acids is 1. The average Bonchev–Trinajstić information content (AvgIpc) is 3.11. The molecule has 4 fully saturated rings. The summed E-state index contributed by atoms with van der Waals surface area (Å²) >= 11 is 0. The number of hydrogen-bond acceptors (Lipinski definition) is 3. The van der Waals surface area contributed by atoms with E-state index in [1.807, 2.05) is 4.90 Å². The molecule has 3 aliphatic carbocycles. The molecule has 3 saturated carbocycles. The van der Waals surface area contributed by atoms with Crippen LogP contribution in [0.2, 0.25) is 0 Å². The molecule has 5 atom stereocenters. The van der Waals surface area contributed by atoms with Crippen molar-refractivity contribution in [1.29, 1.82) is 0 Å². The van der Waals surface area contributed by atoms with Crippen LogP contribution in [0.25, 0.3) is 0 Å². The first kappa shape index (κ1) is 16.5. The Morgan fingerprint density at radius 2 is 1.95 bits per heavy atom. The lowest BCUT2D eigenvalue weighted by Crippen LogP contribution is -2.52. The van der Waals surface area contributed by atoms with Gasteiger partial charge in [0.25, 0.3) is 0 Å². The second-order valence-electron chi connectivity index (χ2n) is 7.76. The molecule has 4 rings (SSSR count). The SMILES string of the molecule is Cl.N[C@@H]1[C@@H]2CC[C@@H](C2)C12CCCC(C(=O)N1CCOCC1)C2. The number of nitrogens with zero attached hydrogens (tertiary/aromatic N) is 1. The monoisotopic (exact) mass is 328 g/mol. The van der Waals surface area contributed by atoms with E-state index in [1.165, 1.54) is 32.1 Å². The van der Waals surface area contributed by atoms with E-state index in [9.17, 15) is 4.79 Å². The van der Waals surface area contributed by atoms with Crippen LogP contribution in [0.5, 0.6) is 0 Å². The number of nitrogens with two attached hydrogens (primary N) is 1. The maximum atomic E-state index is 12.8. The summed E-state index contributed by atoms with van der Waals surface area (Å²) in [6.07, 6.45) is 8.61. The zero-order valence-corrected chi connectivity index (χ0v) is 14.2. The van der Waals surface area contributed by atoms with E-state index < -0.39 is 0 Å². The van der Waals surface area contributed by atoms with Gasteiger partial charge in [0.1, 0.15) is 0 Å². The minimum atomic E-state index is 0. The molecule has 0 aromatic heterocycles. The lowest BCUT2D eigenvalue weighted by atomic mass is 9.59. The number of morpholine rings is 1. The van der Waals surface area contributed by atoms with Gasteiger partial charge in [0, 0.05) is 25.0 Å². The van der Waals surface area contributed by atoms with Crippen LogP contribution in [0.15, 0.2) is 0 Å². The largest absolute Gasteiger partial charge is 0.378 e. The molecule has 0 aromatic carbocycles. The second kappa shape index (κ2) is 6.29. The normalized spacial score (nSPS) is 44.1. The van der Waals surface area contributed by atoms with Crippen LogP contribution in [0, 0.1) is 23.2 Å². The molecule has 1 heterocycles. The molecule has 2 N–H and O–H groups in total. The van der Waals surface area contributed by atoms with Crippen molar-refractivity contribution >= 4 is 18.3 Å². The Morgan fingerprint density at radius 3 is 2.64 bits per heavy atom. The van der Waals surface area contributed by atoms with Crippen LogP contribution < -0.4 is 5.73 Å². The summed E-state index contributed by atoms with van der Waals surface area (Å²) in [6.45, 7) is 2.96. The number of rotatable bonds is 1. The van der Waals surface area contributed by atoms with Crippen LogP contribution in [-0.4, -0.2) is 43.2 Å². The third-order valence-corrected chi connectivity index (χ3v) is 6.95. The molecule has 4 aliphatic rings. The van der Waals surface area contributed by atoms with Gasteiger partial charge in [-0.3, -0.25) is 4.79 Å². The van der Waals surface area contributed by atoms with Crippen molar-refractivity contribution in [3.8, 4) is 0 Å². The Hall–Kier alpha value is -0.320. The summed E-state index contributed by atoms with van der Waals surface area (Å²) in [5.74, 6) is 2.15. The van der Waals surface area contributed by atoms with Gasteiger partial charge in [-0.2, -0.15) is 0 Å². The summed E-state index contributed by atoms with van der Waals surface area (Å²) < 4.78 is 5.37. The first-order valence-electron chi connectivity index (χ1n) is 8.83. The second-order valence-corrected chi connectivity index (χ2v) is 7.76. The van der Waals surface area contributed by atoms with Gasteiger partial charge in [-0.15, -0.1) is 12.4 Å². The highest BCUT2D eigenvalue weighted by molar-refractivity contribution is 5.85. The zero-order chi connectivity index (χ0) is 14.4. The van der Waals surface area contributed by atoms with E-state index in [4.69, 9.17) is 10.5 Å². The molecule has 0 aromatic rings. The van der Waals surface area contributed by atoms with Gasteiger partial charge < -0.3 is 15.4 Å². The molecule has 22 heavy (non-hydrogen) atoms. The Morgan fingerprint density at radius 1 is 1.18 bits per heavy atom. The first-order valence-corrected chi connectivity index (χ1v) is 8.83. The van der Waals surface area contributed by atoms with Gasteiger partial charge >= 0.3 is 0 Å². The molecule has 5 heteroatoms. The maximum Gasteiger partial charge on any atom is 0.225 e. The molecule has 1 saturated heterocycles. The highest BCUT2D eigenvalue weighted by Crippen LogP contribution is 2.61. The van der Waals surface area contributed by atoms with Gasteiger partial charge in [0.05, 0.1) is 13.2 Å². The Kier molecular flexibility index (Phi) is 4.73. The maximum absolute atomic E-state index is 12.8. The van der Waals surface area contributed by atoms with E-state index in [0.717, 1.165) is 37.8 Å². The third kappa shape index (κ3) is 2.47.